The number of fused-ring (bicyclic) bond motifs is 5. The van der Waals surface area contributed by atoms with Gasteiger partial charge in [0, 0.05) is 50.6 Å². The number of benzene rings is 11. The molecule has 0 spiro atoms. The predicted molar refractivity (Wildman–Crippen MR) is 268 cm³/mol. The van der Waals surface area contributed by atoms with Crippen molar-refractivity contribution >= 4 is 77.8 Å². The van der Waals surface area contributed by atoms with E-state index in [9.17, 15) is 0 Å². The van der Waals surface area contributed by atoms with Crippen molar-refractivity contribution in [3.8, 4) is 33.4 Å². The smallest absolute Gasteiger partial charge is 0.0619 e. The lowest BCUT2D eigenvalue weighted by Gasteiger charge is -2.31. The van der Waals surface area contributed by atoms with Crippen molar-refractivity contribution in [3.63, 3.8) is 0 Å². The van der Waals surface area contributed by atoms with Crippen LogP contribution in [0.25, 0.3) is 65.7 Å². The molecule has 0 aliphatic heterocycles. The molecule has 0 heterocycles. The maximum atomic E-state index is 3.75. The van der Waals surface area contributed by atoms with Crippen molar-refractivity contribution < 1.29 is 0 Å². The molecule has 11 aromatic carbocycles. The van der Waals surface area contributed by atoms with E-state index in [2.05, 4.69) is 258 Å². The molecule has 0 amide bonds. The molecule has 1 N–H and O–H groups in total. The van der Waals surface area contributed by atoms with Crippen LogP contribution in [0.4, 0.5) is 45.5 Å². The first kappa shape index (κ1) is 36.5. The van der Waals surface area contributed by atoms with Gasteiger partial charge < -0.3 is 15.1 Å². The molecule has 0 unspecified atom stereocenters. The number of anilines is 8. The Morgan fingerprint density at radius 1 is 0.254 bits per heavy atom. The van der Waals surface area contributed by atoms with Crippen LogP contribution in [-0.4, -0.2) is 0 Å². The zero-order valence-electron chi connectivity index (χ0n) is 34.5. The molecule has 0 aromatic heterocycles. The Labute approximate surface area is 367 Å². The molecule has 3 nitrogen and oxygen atoms in total. The second kappa shape index (κ2) is 15.3. The number of hydrogen-bond acceptors (Lipinski definition) is 3. The maximum Gasteiger partial charge on any atom is 0.0619 e. The summed E-state index contributed by atoms with van der Waals surface area (Å²) in [6.45, 7) is 0. The molecule has 3 heteroatoms. The van der Waals surface area contributed by atoms with Gasteiger partial charge in [0.2, 0.25) is 0 Å². The average Bonchev–Trinajstić information content (AvgIpc) is 3.68. The lowest BCUT2D eigenvalue weighted by atomic mass is 9.86. The summed E-state index contributed by atoms with van der Waals surface area (Å²) in [6, 6.07) is 87.8. The molecule has 0 bridgehead atoms. The standard InChI is InChI=1S/C60H41N3/c1-6-19-41(20-7-1)61-42-33-35-55-56(39-42)59(53-38-37-52-49-30-17-16-29-48(49)50-31-18-32-51(53)58(50)52)54-36-34-47(62(43-21-8-2-9-22-43)44-23-10-3-11-24-44)40-57(54)60(55)63(45-25-12-4-13-26-45)46-27-14-5-15-28-46/h1-40,61H. The van der Waals surface area contributed by atoms with Crippen molar-refractivity contribution in [2.24, 2.45) is 0 Å². The van der Waals surface area contributed by atoms with Gasteiger partial charge in [0.15, 0.2) is 0 Å². The van der Waals surface area contributed by atoms with Crippen LogP contribution in [0.3, 0.4) is 0 Å². The molecule has 0 atom stereocenters. The fourth-order valence-corrected chi connectivity index (χ4v) is 9.82. The lowest BCUT2D eigenvalue weighted by molar-refractivity contribution is 1.28. The van der Waals surface area contributed by atoms with Crippen LogP contribution in [-0.2, 0) is 0 Å². The Morgan fingerprint density at radius 3 is 1.35 bits per heavy atom. The van der Waals surface area contributed by atoms with E-state index in [1.807, 2.05) is 0 Å². The zero-order chi connectivity index (χ0) is 41.7. The van der Waals surface area contributed by atoms with Gasteiger partial charge in [-0.2, -0.15) is 0 Å². The monoisotopic (exact) mass is 803 g/mol. The van der Waals surface area contributed by atoms with Crippen LogP contribution in [0.2, 0.25) is 0 Å². The minimum Gasteiger partial charge on any atom is -0.356 e. The van der Waals surface area contributed by atoms with Crippen molar-refractivity contribution in [2.45, 2.75) is 0 Å². The average molecular weight is 804 g/mol. The summed E-state index contributed by atoms with van der Waals surface area (Å²) in [6.07, 6.45) is 0. The lowest BCUT2D eigenvalue weighted by Crippen LogP contribution is -2.13. The third-order valence-corrected chi connectivity index (χ3v) is 12.5. The fraction of sp³-hybridized carbons (Fsp3) is 0. The third kappa shape index (κ3) is 6.21. The van der Waals surface area contributed by atoms with Crippen molar-refractivity contribution in [2.75, 3.05) is 15.1 Å². The molecule has 11 aromatic rings. The first-order valence-electron chi connectivity index (χ1n) is 21.6. The molecule has 296 valence electrons. The van der Waals surface area contributed by atoms with Crippen molar-refractivity contribution in [1.82, 2.24) is 0 Å². The second-order valence-electron chi connectivity index (χ2n) is 16.2. The van der Waals surface area contributed by atoms with Crippen LogP contribution in [0.1, 0.15) is 0 Å². The number of hydrogen-bond donors (Lipinski definition) is 1. The van der Waals surface area contributed by atoms with Crippen LogP contribution >= 0.6 is 0 Å². The van der Waals surface area contributed by atoms with E-state index < -0.39 is 0 Å². The summed E-state index contributed by atoms with van der Waals surface area (Å²) >= 11 is 0. The van der Waals surface area contributed by atoms with Gasteiger partial charge >= 0.3 is 0 Å². The van der Waals surface area contributed by atoms with Crippen LogP contribution < -0.4 is 15.1 Å². The third-order valence-electron chi connectivity index (χ3n) is 12.5. The Kier molecular flexibility index (Phi) is 8.83. The molecule has 0 saturated heterocycles. The summed E-state index contributed by atoms with van der Waals surface area (Å²) in [5.74, 6) is 0. The minimum atomic E-state index is 1.03. The van der Waals surface area contributed by atoms with Gasteiger partial charge in [0.25, 0.3) is 0 Å². The van der Waals surface area contributed by atoms with Crippen molar-refractivity contribution in [1.29, 1.82) is 0 Å². The van der Waals surface area contributed by atoms with E-state index in [-0.39, 0.29) is 0 Å². The molecule has 63 heavy (non-hydrogen) atoms. The number of nitrogens with one attached hydrogen (secondary N) is 1. The van der Waals surface area contributed by atoms with Gasteiger partial charge in [0.1, 0.15) is 0 Å². The Bertz CT molecular complexity index is 3350. The van der Waals surface area contributed by atoms with Crippen LogP contribution in [0.15, 0.2) is 243 Å². The normalized spacial score (nSPS) is 11.5. The van der Waals surface area contributed by atoms with E-state index in [1.165, 1.54) is 54.9 Å². The van der Waals surface area contributed by atoms with Gasteiger partial charge in [-0.1, -0.05) is 158 Å². The van der Waals surface area contributed by atoms with Gasteiger partial charge in [-0.25, -0.2) is 0 Å². The summed E-state index contributed by atoms with van der Waals surface area (Å²) < 4.78 is 0. The molecule has 1 aliphatic rings. The Balaban J connectivity index is 1.23. The van der Waals surface area contributed by atoms with Gasteiger partial charge in [-0.05, 0) is 140 Å². The topological polar surface area (TPSA) is 18.5 Å². The summed E-state index contributed by atoms with van der Waals surface area (Å²) in [5, 5.41) is 11.0. The first-order chi connectivity index (χ1) is 31.3. The fourth-order valence-electron chi connectivity index (χ4n) is 9.82. The molecule has 0 saturated carbocycles. The molecule has 12 rings (SSSR count). The van der Waals surface area contributed by atoms with E-state index >= 15 is 0 Å². The highest BCUT2D eigenvalue weighted by Crippen LogP contribution is 2.54. The molecule has 1 aliphatic carbocycles. The van der Waals surface area contributed by atoms with E-state index in [1.54, 1.807) is 0 Å². The number of nitrogens with zero attached hydrogens (tertiary/aromatic N) is 2. The van der Waals surface area contributed by atoms with Crippen molar-refractivity contribution in [3.05, 3.63) is 243 Å². The van der Waals surface area contributed by atoms with Gasteiger partial charge in [-0.3, -0.25) is 0 Å². The zero-order valence-corrected chi connectivity index (χ0v) is 34.5. The summed E-state index contributed by atoms with van der Waals surface area (Å²) in [5.41, 5.74) is 16.2. The predicted octanol–water partition coefficient (Wildman–Crippen LogP) is 17.1. The van der Waals surface area contributed by atoms with Gasteiger partial charge in [0.05, 0.1) is 5.69 Å². The van der Waals surface area contributed by atoms with Gasteiger partial charge in [-0.15, -0.1) is 0 Å². The first-order valence-corrected chi connectivity index (χ1v) is 21.6. The van der Waals surface area contributed by atoms with Crippen LogP contribution in [0, 0.1) is 0 Å². The number of para-hydroxylation sites is 5. The van der Waals surface area contributed by atoms with Crippen LogP contribution in [0.5, 0.6) is 0 Å². The van der Waals surface area contributed by atoms with E-state index in [4.69, 9.17) is 0 Å². The van der Waals surface area contributed by atoms with E-state index in [0.29, 0.717) is 0 Å². The highest BCUT2D eigenvalue weighted by Gasteiger charge is 2.27. The Morgan fingerprint density at radius 2 is 0.746 bits per heavy atom. The molecular weight excluding hydrogens is 763 g/mol. The molecule has 0 radical (unpaired) electrons. The highest BCUT2D eigenvalue weighted by atomic mass is 15.2. The SMILES string of the molecule is c1ccc(Nc2ccc3c(N(c4ccccc4)c4ccccc4)c4cc(N(c5ccccc5)c5ccccc5)ccc4c(-c4ccc5c6c(cccc46)-c4ccccc4-5)c3c2)cc1. The highest BCUT2D eigenvalue weighted by molar-refractivity contribution is 6.27. The molecular formula is C60H41N3. The minimum absolute atomic E-state index is 1.03. The second-order valence-corrected chi connectivity index (χ2v) is 16.2. The largest absolute Gasteiger partial charge is 0.356 e. The summed E-state index contributed by atoms with van der Waals surface area (Å²) in [7, 11) is 0. The maximum absolute atomic E-state index is 3.75. The summed E-state index contributed by atoms with van der Waals surface area (Å²) in [4.78, 5) is 4.81. The Hall–Kier alpha value is -8.40. The van der Waals surface area contributed by atoms with E-state index in [0.717, 1.165) is 56.3 Å². The molecule has 0 fully saturated rings. The quantitative estimate of drug-likeness (QED) is 0.147. The number of rotatable bonds is 9.